The summed E-state index contributed by atoms with van der Waals surface area (Å²) in [6.07, 6.45) is -4.17. The lowest BCUT2D eigenvalue weighted by Crippen LogP contribution is -2.44. The van der Waals surface area contributed by atoms with Crippen LogP contribution in [-0.2, 0) is 4.79 Å². The summed E-state index contributed by atoms with van der Waals surface area (Å²) in [5, 5.41) is -0.660. The van der Waals surface area contributed by atoms with E-state index in [1.807, 2.05) is 0 Å². The Bertz CT molecular complexity index is 234. The number of piperidine rings is 1. The molecule has 0 aromatic heterocycles. The van der Waals surface area contributed by atoms with Gasteiger partial charge in [0.2, 0.25) is 5.91 Å². The Labute approximate surface area is 91.4 Å². The molecule has 0 aromatic rings. The molecule has 1 aliphatic rings. The Morgan fingerprint density at radius 1 is 1.40 bits per heavy atom. The second kappa shape index (κ2) is 4.60. The normalized spacial score (nSPS) is 21.5. The molecule has 1 aliphatic heterocycles. The molecular formula is C9H13ClF3NO. The standard InChI is InChI=1S/C9H13ClF3NO/c1-6(10)8(15)14-4-2-7(3-5-14)9(11,12)13/h6-7H,2-5H2,1H3. The molecule has 6 heteroatoms. The third-order valence-corrected chi connectivity index (χ3v) is 2.80. The highest BCUT2D eigenvalue weighted by atomic mass is 35.5. The van der Waals surface area contributed by atoms with Gasteiger partial charge in [-0.1, -0.05) is 0 Å². The molecule has 0 N–H and O–H groups in total. The number of hydrogen-bond acceptors (Lipinski definition) is 1. The first kappa shape index (κ1) is 12.6. The summed E-state index contributed by atoms with van der Waals surface area (Å²) in [6.45, 7) is 1.83. The molecule has 88 valence electrons. The van der Waals surface area contributed by atoms with Crippen LogP contribution in [0.25, 0.3) is 0 Å². The highest BCUT2D eigenvalue weighted by Gasteiger charge is 2.41. The zero-order valence-electron chi connectivity index (χ0n) is 8.35. The minimum Gasteiger partial charge on any atom is -0.341 e. The zero-order chi connectivity index (χ0) is 11.6. The lowest BCUT2D eigenvalue weighted by molar-refractivity contribution is -0.186. The molecule has 0 spiro atoms. The van der Waals surface area contributed by atoms with Gasteiger partial charge in [0, 0.05) is 13.1 Å². The number of carbonyl (C=O) groups excluding carboxylic acids is 1. The van der Waals surface area contributed by atoms with Crippen LogP contribution in [0.4, 0.5) is 13.2 Å². The van der Waals surface area contributed by atoms with E-state index in [0.29, 0.717) is 0 Å². The Balaban J connectivity index is 2.46. The molecule has 0 bridgehead atoms. The minimum atomic E-state index is -4.14. The molecule has 1 saturated heterocycles. The molecule has 0 radical (unpaired) electrons. The number of likely N-dealkylation sites (tertiary alicyclic amines) is 1. The highest BCUT2D eigenvalue weighted by molar-refractivity contribution is 6.30. The van der Waals surface area contributed by atoms with Gasteiger partial charge >= 0.3 is 6.18 Å². The van der Waals surface area contributed by atoms with Crippen LogP contribution in [0.3, 0.4) is 0 Å². The Morgan fingerprint density at radius 2 is 1.87 bits per heavy atom. The predicted molar refractivity (Wildman–Crippen MR) is 50.7 cm³/mol. The molecular weight excluding hydrogens is 231 g/mol. The number of nitrogens with zero attached hydrogens (tertiary/aromatic N) is 1. The maximum absolute atomic E-state index is 12.3. The lowest BCUT2D eigenvalue weighted by atomic mass is 9.96. The largest absolute Gasteiger partial charge is 0.391 e. The molecule has 0 saturated carbocycles. The van der Waals surface area contributed by atoms with Crippen molar-refractivity contribution in [2.75, 3.05) is 13.1 Å². The van der Waals surface area contributed by atoms with Gasteiger partial charge in [-0.05, 0) is 19.8 Å². The van der Waals surface area contributed by atoms with Crippen LogP contribution in [0.1, 0.15) is 19.8 Å². The number of hydrogen-bond donors (Lipinski definition) is 0. The van der Waals surface area contributed by atoms with Gasteiger partial charge in [0.05, 0.1) is 5.92 Å². The fourth-order valence-electron chi connectivity index (χ4n) is 1.68. The van der Waals surface area contributed by atoms with Crippen molar-refractivity contribution in [2.45, 2.75) is 31.3 Å². The number of alkyl halides is 4. The van der Waals surface area contributed by atoms with Crippen molar-refractivity contribution in [1.29, 1.82) is 0 Å². The van der Waals surface area contributed by atoms with Gasteiger partial charge in [0.1, 0.15) is 5.38 Å². The van der Waals surface area contributed by atoms with Gasteiger partial charge < -0.3 is 4.90 Å². The van der Waals surface area contributed by atoms with Crippen LogP contribution in [0, 0.1) is 5.92 Å². The van der Waals surface area contributed by atoms with E-state index in [4.69, 9.17) is 11.6 Å². The van der Waals surface area contributed by atoms with Crippen molar-refractivity contribution >= 4 is 17.5 Å². The average molecular weight is 244 g/mol. The Hall–Kier alpha value is -0.450. The topological polar surface area (TPSA) is 20.3 Å². The van der Waals surface area contributed by atoms with Crippen molar-refractivity contribution in [3.05, 3.63) is 0 Å². The van der Waals surface area contributed by atoms with Crippen LogP contribution in [0.15, 0.2) is 0 Å². The van der Waals surface area contributed by atoms with Crippen molar-refractivity contribution < 1.29 is 18.0 Å². The summed E-state index contributed by atoms with van der Waals surface area (Å²) in [4.78, 5) is 12.8. The summed E-state index contributed by atoms with van der Waals surface area (Å²) in [5.74, 6) is -1.55. The SMILES string of the molecule is CC(Cl)C(=O)N1CCC(C(F)(F)F)CC1. The first-order chi connectivity index (χ1) is 6.82. The summed E-state index contributed by atoms with van der Waals surface area (Å²) in [6, 6.07) is 0. The fraction of sp³-hybridized carbons (Fsp3) is 0.889. The van der Waals surface area contributed by atoms with Gasteiger partial charge in [-0.25, -0.2) is 0 Å². The summed E-state index contributed by atoms with van der Waals surface area (Å²) in [7, 11) is 0. The smallest absolute Gasteiger partial charge is 0.341 e. The number of rotatable bonds is 1. The van der Waals surface area contributed by atoms with Gasteiger partial charge in [0.15, 0.2) is 0 Å². The molecule has 2 nitrogen and oxygen atoms in total. The second-order valence-electron chi connectivity index (χ2n) is 3.76. The molecule has 1 fully saturated rings. The molecule has 1 atom stereocenters. The van der Waals surface area contributed by atoms with Gasteiger partial charge in [0.25, 0.3) is 0 Å². The van der Waals surface area contributed by atoms with Gasteiger partial charge in [-0.15, -0.1) is 11.6 Å². The molecule has 15 heavy (non-hydrogen) atoms. The monoisotopic (exact) mass is 243 g/mol. The maximum Gasteiger partial charge on any atom is 0.391 e. The Morgan fingerprint density at radius 3 is 2.20 bits per heavy atom. The average Bonchev–Trinajstić information content (AvgIpc) is 2.15. The lowest BCUT2D eigenvalue weighted by Gasteiger charge is -2.33. The molecule has 1 amide bonds. The number of amides is 1. The fourth-order valence-corrected chi connectivity index (χ4v) is 1.82. The quantitative estimate of drug-likeness (QED) is 0.648. The van der Waals surface area contributed by atoms with Crippen LogP contribution in [0.5, 0.6) is 0 Å². The van der Waals surface area contributed by atoms with Crippen molar-refractivity contribution in [2.24, 2.45) is 5.92 Å². The van der Waals surface area contributed by atoms with E-state index in [1.54, 1.807) is 0 Å². The predicted octanol–water partition coefficient (Wildman–Crippen LogP) is 2.41. The third-order valence-electron chi connectivity index (χ3n) is 2.61. The van der Waals surface area contributed by atoms with Crippen molar-refractivity contribution in [1.82, 2.24) is 4.90 Å². The number of halogens is 4. The van der Waals surface area contributed by atoms with Crippen LogP contribution >= 0.6 is 11.6 Å². The second-order valence-corrected chi connectivity index (χ2v) is 4.41. The number of carbonyl (C=O) groups is 1. The van der Waals surface area contributed by atoms with E-state index in [0.717, 1.165) is 0 Å². The van der Waals surface area contributed by atoms with E-state index >= 15 is 0 Å². The summed E-state index contributed by atoms with van der Waals surface area (Å²) < 4.78 is 36.9. The van der Waals surface area contributed by atoms with E-state index in [2.05, 4.69) is 0 Å². The third kappa shape index (κ3) is 3.26. The van der Waals surface area contributed by atoms with Gasteiger partial charge in [-0.3, -0.25) is 4.79 Å². The molecule has 1 unspecified atom stereocenters. The van der Waals surface area contributed by atoms with E-state index < -0.39 is 17.5 Å². The van der Waals surface area contributed by atoms with E-state index in [9.17, 15) is 18.0 Å². The van der Waals surface area contributed by atoms with Crippen LogP contribution < -0.4 is 0 Å². The van der Waals surface area contributed by atoms with E-state index in [-0.39, 0.29) is 31.8 Å². The van der Waals surface area contributed by atoms with Crippen molar-refractivity contribution in [3.8, 4) is 0 Å². The van der Waals surface area contributed by atoms with Gasteiger partial charge in [-0.2, -0.15) is 13.2 Å². The van der Waals surface area contributed by atoms with Crippen LogP contribution in [-0.4, -0.2) is 35.4 Å². The molecule has 1 heterocycles. The zero-order valence-corrected chi connectivity index (χ0v) is 9.11. The highest BCUT2D eigenvalue weighted by Crippen LogP contribution is 2.34. The molecule has 0 aromatic carbocycles. The Kier molecular flexibility index (Phi) is 3.87. The molecule has 1 rings (SSSR count). The summed E-state index contributed by atoms with van der Waals surface area (Å²) >= 11 is 5.57. The first-order valence-electron chi connectivity index (χ1n) is 4.82. The minimum absolute atomic E-state index is 0.0150. The first-order valence-corrected chi connectivity index (χ1v) is 5.25. The van der Waals surface area contributed by atoms with Crippen LogP contribution in [0.2, 0.25) is 0 Å². The maximum atomic E-state index is 12.3. The summed E-state index contributed by atoms with van der Waals surface area (Å²) in [5.41, 5.74) is 0. The van der Waals surface area contributed by atoms with Crippen molar-refractivity contribution in [3.63, 3.8) is 0 Å². The molecule has 0 aliphatic carbocycles. The van der Waals surface area contributed by atoms with E-state index in [1.165, 1.54) is 11.8 Å².